The molecule has 0 bridgehead atoms. The minimum absolute atomic E-state index is 0.00917. The van der Waals surface area contributed by atoms with E-state index in [1.54, 1.807) is 13.8 Å². The third kappa shape index (κ3) is 2.10. The molecule has 2 N–H and O–H groups in total. The number of aliphatic hydroxyl groups is 2. The SMILES string of the molecule is CC(C)(O)Cn1c(CO)cc2ccccc21. The molecule has 0 fully saturated rings. The lowest BCUT2D eigenvalue weighted by Gasteiger charge is -2.20. The summed E-state index contributed by atoms with van der Waals surface area (Å²) in [6, 6.07) is 9.90. The molecular formula is C13H17NO2. The number of aliphatic hydroxyl groups excluding tert-OH is 1. The van der Waals surface area contributed by atoms with Crippen molar-refractivity contribution < 1.29 is 10.2 Å². The van der Waals surface area contributed by atoms with Gasteiger partial charge in [-0.05, 0) is 31.4 Å². The van der Waals surface area contributed by atoms with E-state index in [-0.39, 0.29) is 6.61 Å². The molecule has 1 aromatic carbocycles. The molecule has 0 spiro atoms. The highest BCUT2D eigenvalue weighted by atomic mass is 16.3. The Balaban J connectivity index is 2.56. The lowest BCUT2D eigenvalue weighted by molar-refractivity contribution is 0.0610. The van der Waals surface area contributed by atoms with Crippen LogP contribution in [0.4, 0.5) is 0 Å². The van der Waals surface area contributed by atoms with Crippen LogP contribution in [-0.2, 0) is 13.2 Å². The lowest BCUT2D eigenvalue weighted by atomic mass is 10.1. The first-order valence-electron chi connectivity index (χ1n) is 5.42. The van der Waals surface area contributed by atoms with Crippen LogP contribution in [0.1, 0.15) is 19.5 Å². The first-order valence-corrected chi connectivity index (χ1v) is 5.42. The highest BCUT2D eigenvalue weighted by Gasteiger charge is 2.17. The van der Waals surface area contributed by atoms with Crippen LogP contribution in [0.15, 0.2) is 30.3 Å². The highest BCUT2D eigenvalue weighted by Crippen LogP contribution is 2.22. The Labute approximate surface area is 94.9 Å². The molecule has 0 atom stereocenters. The van der Waals surface area contributed by atoms with Gasteiger partial charge < -0.3 is 14.8 Å². The fraction of sp³-hybridized carbons (Fsp3) is 0.385. The summed E-state index contributed by atoms with van der Waals surface area (Å²) in [5, 5.41) is 20.3. The van der Waals surface area contributed by atoms with Crippen LogP contribution < -0.4 is 0 Å². The van der Waals surface area contributed by atoms with Gasteiger partial charge in [0.05, 0.1) is 18.8 Å². The van der Waals surface area contributed by atoms with Gasteiger partial charge in [0.15, 0.2) is 0 Å². The molecule has 3 heteroatoms. The Bertz CT molecular complexity index is 494. The Hall–Kier alpha value is -1.32. The molecule has 86 valence electrons. The number of rotatable bonds is 3. The second-order valence-corrected chi connectivity index (χ2v) is 4.75. The van der Waals surface area contributed by atoms with Crippen molar-refractivity contribution in [3.63, 3.8) is 0 Å². The number of fused-ring (bicyclic) bond motifs is 1. The monoisotopic (exact) mass is 219 g/mol. The second kappa shape index (κ2) is 3.92. The maximum Gasteiger partial charge on any atom is 0.0833 e. The Kier molecular flexibility index (Phi) is 2.74. The van der Waals surface area contributed by atoms with E-state index in [1.165, 1.54) is 0 Å². The molecule has 0 saturated carbocycles. The summed E-state index contributed by atoms with van der Waals surface area (Å²) in [7, 11) is 0. The topological polar surface area (TPSA) is 45.4 Å². The maximum absolute atomic E-state index is 9.87. The van der Waals surface area contributed by atoms with Crippen LogP contribution in [-0.4, -0.2) is 20.4 Å². The van der Waals surface area contributed by atoms with Gasteiger partial charge in [0.25, 0.3) is 0 Å². The first-order chi connectivity index (χ1) is 7.51. The summed E-state index contributed by atoms with van der Waals surface area (Å²) >= 11 is 0. The van der Waals surface area contributed by atoms with Gasteiger partial charge in [-0.3, -0.25) is 0 Å². The van der Waals surface area contributed by atoms with Crippen LogP contribution in [0.5, 0.6) is 0 Å². The van der Waals surface area contributed by atoms with Crippen molar-refractivity contribution in [1.29, 1.82) is 0 Å². The van der Waals surface area contributed by atoms with E-state index in [9.17, 15) is 10.2 Å². The zero-order valence-electron chi connectivity index (χ0n) is 9.64. The molecule has 1 aromatic heterocycles. The van der Waals surface area contributed by atoms with E-state index >= 15 is 0 Å². The average molecular weight is 219 g/mol. The van der Waals surface area contributed by atoms with E-state index < -0.39 is 5.60 Å². The van der Waals surface area contributed by atoms with Crippen LogP contribution in [0.2, 0.25) is 0 Å². The Morgan fingerprint density at radius 2 is 1.94 bits per heavy atom. The van der Waals surface area contributed by atoms with Crippen molar-refractivity contribution in [1.82, 2.24) is 4.57 Å². The molecular weight excluding hydrogens is 202 g/mol. The van der Waals surface area contributed by atoms with Crippen LogP contribution in [0.3, 0.4) is 0 Å². The highest BCUT2D eigenvalue weighted by molar-refractivity contribution is 5.81. The number of hydrogen-bond acceptors (Lipinski definition) is 2. The number of aromatic nitrogens is 1. The van der Waals surface area contributed by atoms with Crippen molar-refractivity contribution in [2.45, 2.75) is 32.6 Å². The molecule has 0 amide bonds. The fourth-order valence-electron chi connectivity index (χ4n) is 1.97. The number of para-hydroxylation sites is 1. The molecule has 1 heterocycles. The minimum Gasteiger partial charge on any atom is -0.390 e. The maximum atomic E-state index is 9.87. The predicted molar refractivity (Wildman–Crippen MR) is 64.2 cm³/mol. The van der Waals surface area contributed by atoms with Crippen molar-refractivity contribution in [3.8, 4) is 0 Å². The van der Waals surface area contributed by atoms with E-state index in [0.717, 1.165) is 16.6 Å². The molecule has 0 aliphatic carbocycles. The Morgan fingerprint density at radius 1 is 1.25 bits per heavy atom. The van der Waals surface area contributed by atoms with Gasteiger partial charge in [-0.25, -0.2) is 0 Å². The molecule has 16 heavy (non-hydrogen) atoms. The third-order valence-corrected chi connectivity index (χ3v) is 2.60. The van der Waals surface area contributed by atoms with Crippen LogP contribution in [0.25, 0.3) is 10.9 Å². The van der Waals surface area contributed by atoms with Crippen LogP contribution in [0, 0.1) is 0 Å². The minimum atomic E-state index is -0.786. The largest absolute Gasteiger partial charge is 0.390 e. The van der Waals surface area contributed by atoms with Crippen molar-refractivity contribution >= 4 is 10.9 Å². The molecule has 0 unspecified atom stereocenters. The van der Waals surface area contributed by atoms with Crippen molar-refractivity contribution in [3.05, 3.63) is 36.0 Å². The predicted octanol–water partition coefficient (Wildman–Crippen LogP) is 1.90. The molecule has 0 aliphatic rings. The second-order valence-electron chi connectivity index (χ2n) is 4.75. The van der Waals surface area contributed by atoms with E-state index in [2.05, 4.69) is 0 Å². The lowest BCUT2D eigenvalue weighted by Crippen LogP contribution is -2.26. The zero-order chi connectivity index (χ0) is 11.8. The summed E-state index contributed by atoms with van der Waals surface area (Å²) in [5.41, 5.74) is 1.10. The van der Waals surface area contributed by atoms with Gasteiger partial charge in [0.1, 0.15) is 0 Å². The first kappa shape index (κ1) is 11.2. The van der Waals surface area contributed by atoms with Gasteiger partial charge in [-0.15, -0.1) is 0 Å². The van der Waals surface area contributed by atoms with Gasteiger partial charge in [-0.2, -0.15) is 0 Å². The molecule has 0 radical (unpaired) electrons. The van der Waals surface area contributed by atoms with Crippen molar-refractivity contribution in [2.75, 3.05) is 0 Å². The molecule has 3 nitrogen and oxygen atoms in total. The standard InChI is InChI=1S/C13H17NO2/c1-13(2,16)9-14-11(8-15)7-10-5-3-4-6-12(10)14/h3-7,15-16H,8-9H2,1-2H3. The Morgan fingerprint density at radius 3 is 2.56 bits per heavy atom. The van der Waals surface area contributed by atoms with Gasteiger partial charge in [-0.1, -0.05) is 18.2 Å². The van der Waals surface area contributed by atoms with Gasteiger partial charge in [0, 0.05) is 11.2 Å². The van der Waals surface area contributed by atoms with Gasteiger partial charge >= 0.3 is 0 Å². The quantitative estimate of drug-likeness (QED) is 0.828. The number of nitrogens with zero attached hydrogens (tertiary/aromatic N) is 1. The summed E-state index contributed by atoms with van der Waals surface area (Å²) < 4.78 is 1.97. The third-order valence-electron chi connectivity index (χ3n) is 2.60. The number of hydrogen-bond donors (Lipinski definition) is 2. The molecule has 2 rings (SSSR count). The van der Waals surface area contributed by atoms with E-state index in [4.69, 9.17) is 0 Å². The number of benzene rings is 1. The summed E-state index contributed by atoms with van der Waals surface area (Å²) in [5.74, 6) is 0. The van der Waals surface area contributed by atoms with E-state index in [1.807, 2.05) is 34.9 Å². The molecule has 0 aliphatic heterocycles. The molecule has 2 aromatic rings. The summed E-state index contributed by atoms with van der Waals surface area (Å²) in [4.78, 5) is 0. The summed E-state index contributed by atoms with van der Waals surface area (Å²) in [6.07, 6.45) is 0. The van der Waals surface area contributed by atoms with Gasteiger partial charge in [0.2, 0.25) is 0 Å². The zero-order valence-corrected chi connectivity index (χ0v) is 9.64. The van der Waals surface area contributed by atoms with E-state index in [0.29, 0.717) is 6.54 Å². The average Bonchev–Trinajstić information content (AvgIpc) is 2.55. The fourth-order valence-corrected chi connectivity index (χ4v) is 1.97. The molecule has 0 saturated heterocycles. The normalized spacial score (nSPS) is 12.2. The smallest absolute Gasteiger partial charge is 0.0833 e. The summed E-state index contributed by atoms with van der Waals surface area (Å²) in [6.45, 7) is 4.01. The van der Waals surface area contributed by atoms with Crippen molar-refractivity contribution in [2.24, 2.45) is 0 Å². The van der Waals surface area contributed by atoms with Crippen LogP contribution >= 0.6 is 0 Å².